The summed E-state index contributed by atoms with van der Waals surface area (Å²) in [6.45, 7) is 1.64. The number of hydrogen-bond donors (Lipinski definition) is 2. The van der Waals surface area contributed by atoms with Crippen molar-refractivity contribution in [2.24, 2.45) is 24.6 Å². The number of halogens is 3. The summed E-state index contributed by atoms with van der Waals surface area (Å²) in [5.41, 5.74) is 10.2. The van der Waals surface area contributed by atoms with Gasteiger partial charge in [0, 0.05) is 37.7 Å². The Hall–Kier alpha value is -3.63. The number of nitrogens with one attached hydrogen (secondary N) is 1. The van der Waals surface area contributed by atoms with E-state index in [1.165, 1.54) is 12.1 Å². The molecule has 1 aliphatic heterocycles. The fourth-order valence-electron chi connectivity index (χ4n) is 6.37. The van der Waals surface area contributed by atoms with Gasteiger partial charge in [0.1, 0.15) is 28.7 Å². The second-order valence-corrected chi connectivity index (χ2v) is 10.3. The van der Waals surface area contributed by atoms with Gasteiger partial charge < -0.3 is 15.2 Å². The molecule has 3 atom stereocenters. The van der Waals surface area contributed by atoms with Crippen LogP contribution >= 0.6 is 11.6 Å². The highest BCUT2D eigenvalue weighted by molar-refractivity contribution is 6.38. The van der Waals surface area contributed by atoms with E-state index in [2.05, 4.69) is 25.1 Å². The molecule has 3 aromatic heterocycles. The molecule has 4 heterocycles. The van der Waals surface area contributed by atoms with Crippen LogP contribution in [0.15, 0.2) is 42.9 Å². The van der Waals surface area contributed by atoms with Crippen molar-refractivity contribution in [1.82, 2.24) is 29.7 Å². The third kappa shape index (κ3) is 3.15. The van der Waals surface area contributed by atoms with Crippen molar-refractivity contribution in [2.45, 2.75) is 11.8 Å². The molecule has 7 rings (SSSR count). The zero-order chi connectivity index (χ0) is 25.5. The number of aromatic nitrogens is 6. The molecule has 0 radical (unpaired) electrons. The average molecular weight is 521 g/mol. The molecule has 0 spiro atoms. The molecule has 0 amide bonds. The number of anilines is 1. The standard InChI is InChI=1S/C26H23ClF2N8/c1-36-12-32-19-5-3-14(21(27)24(19)36)22-23-25(35-34-22)33-20(9-31-23)37-7-6-15-17(10-37)26(15,11-30)16-8-13(28)2-4-18(16)29/h2-5,8-9,12,15,17H,6-7,10-11,30H2,1H3,(H,33,34,35)/t15-,17+,26-/m1/s1. The smallest absolute Gasteiger partial charge is 0.177 e. The number of aromatic amines is 1. The molecular formula is C26H23ClF2N8. The molecule has 11 heteroatoms. The van der Waals surface area contributed by atoms with Crippen molar-refractivity contribution in [3.8, 4) is 11.3 Å². The summed E-state index contributed by atoms with van der Waals surface area (Å²) in [5, 5.41) is 8.02. The number of nitrogens with two attached hydrogens (primary N) is 1. The van der Waals surface area contributed by atoms with E-state index in [0.717, 1.165) is 35.6 Å². The summed E-state index contributed by atoms with van der Waals surface area (Å²) >= 11 is 6.73. The van der Waals surface area contributed by atoms with Gasteiger partial charge in [0.15, 0.2) is 5.65 Å². The van der Waals surface area contributed by atoms with Gasteiger partial charge in [0.25, 0.3) is 0 Å². The van der Waals surface area contributed by atoms with Crippen LogP contribution in [0.3, 0.4) is 0 Å². The molecule has 2 aliphatic rings. The first-order valence-corrected chi connectivity index (χ1v) is 12.5. The molecule has 1 saturated carbocycles. The first-order valence-electron chi connectivity index (χ1n) is 12.1. The summed E-state index contributed by atoms with van der Waals surface area (Å²) in [6, 6.07) is 7.43. The Bertz CT molecular complexity index is 1700. The molecule has 2 fully saturated rings. The number of imidazole rings is 1. The van der Waals surface area contributed by atoms with E-state index in [1.807, 2.05) is 23.7 Å². The summed E-state index contributed by atoms with van der Waals surface area (Å²) in [7, 11) is 1.89. The van der Waals surface area contributed by atoms with Gasteiger partial charge in [-0.25, -0.2) is 23.7 Å². The number of fused-ring (bicyclic) bond motifs is 3. The van der Waals surface area contributed by atoms with E-state index in [4.69, 9.17) is 22.3 Å². The molecule has 188 valence electrons. The van der Waals surface area contributed by atoms with Gasteiger partial charge in [0.2, 0.25) is 0 Å². The monoisotopic (exact) mass is 520 g/mol. The van der Waals surface area contributed by atoms with Crippen LogP contribution in [0.2, 0.25) is 5.02 Å². The average Bonchev–Trinajstić information content (AvgIpc) is 3.14. The summed E-state index contributed by atoms with van der Waals surface area (Å²) in [5.74, 6) is 0.180. The Morgan fingerprint density at radius 2 is 2.05 bits per heavy atom. The van der Waals surface area contributed by atoms with Crippen LogP contribution in [0.1, 0.15) is 12.0 Å². The largest absolute Gasteiger partial charge is 0.355 e. The lowest BCUT2D eigenvalue weighted by Gasteiger charge is -2.26. The van der Waals surface area contributed by atoms with Gasteiger partial charge in [-0.3, -0.25) is 5.10 Å². The summed E-state index contributed by atoms with van der Waals surface area (Å²) in [4.78, 5) is 16.0. The van der Waals surface area contributed by atoms with Crippen LogP contribution in [-0.4, -0.2) is 49.4 Å². The Kier molecular flexibility index (Phi) is 4.84. The maximum Gasteiger partial charge on any atom is 0.177 e. The van der Waals surface area contributed by atoms with Crippen LogP contribution in [0.5, 0.6) is 0 Å². The van der Waals surface area contributed by atoms with E-state index in [9.17, 15) is 8.78 Å². The normalized spacial score (nSPS) is 23.1. The van der Waals surface area contributed by atoms with Crippen LogP contribution in [0, 0.1) is 23.5 Å². The van der Waals surface area contributed by atoms with Crippen LogP contribution < -0.4 is 10.6 Å². The highest BCUT2D eigenvalue weighted by atomic mass is 35.5. The fraction of sp³-hybridized carbons (Fsp3) is 0.308. The maximum atomic E-state index is 14.7. The van der Waals surface area contributed by atoms with E-state index >= 15 is 0 Å². The Labute approximate surface area is 215 Å². The number of rotatable bonds is 4. The molecular weight excluding hydrogens is 498 g/mol. The highest BCUT2D eigenvalue weighted by Gasteiger charge is 2.66. The zero-order valence-corrected chi connectivity index (χ0v) is 20.7. The van der Waals surface area contributed by atoms with Crippen LogP contribution in [-0.2, 0) is 12.5 Å². The quantitative estimate of drug-likeness (QED) is 0.368. The highest BCUT2D eigenvalue weighted by Crippen LogP contribution is 2.63. The predicted molar refractivity (Wildman–Crippen MR) is 137 cm³/mol. The SMILES string of the molecule is Cn1cnc2ccc(-c3n[nH]c4nc(N5CC[C@@H]6[C@H](C5)[C@@]6(CN)c5cc(F)ccc5F)cnc34)c(Cl)c21. The lowest BCUT2D eigenvalue weighted by atomic mass is 9.90. The van der Waals surface area contributed by atoms with Gasteiger partial charge >= 0.3 is 0 Å². The van der Waals surface area contributed by atoms with Gasteiger partial charge in [0.05, 0.1) is 28.6 Å². The van der Waals surface area contributed by atoms with E-state index in [-0.39, 0.29) is 18.4 Å². The van der Waals surface area contributed by atoms with Crippen LogP contribution in [0.25, 0.3) is 33.5 Å². The number of benzene rings is 2. The number of piperidine rings is 1. The Morgan fingerprint density at radius 3 is 2.89 bits per heavy atom. The minimum Gasteiger partial charge on any atom is -0.355 e. The second-order valence-electron chi connectivity index (χ2n) is 9.96. The van der Waals surface area contributed by atoms with Gasteiger partial charge in [-0.05, 0) is 54.2 Å². The van der Waals surface area contributed by atoms with Crippen molar-refractivity contribution in [2.75, 3.05) is 24.5 Å². The van der Waals surface area contributed by atoms with Gasteiger partial charge in [-0.1, -0.05) is 11.6 Å². The topological polar surface area (TPSA) is 102 Å². The third-order valence-corrected chi connectivity index (χ3v) is 8.63. The minimum atomic E-state index is -0.555. The summed E-state index contributed by atoms with van der Waals surface area (Å²) in [6.07, 6.45) is 4.26. The number of aryl methyl sites for hydroxylation is 1. The fourth-order valence-corrected chi connectivity index (χ4v) is 6.75. The predicted octanol–water partition coefficient (Wildman–Crippen LogP) is 4.19. The zero-order valence-electron chi connectivity index (χ0n) is 19.9. The van der Waals surface area contributed by atoms with Gasteiger partial charge in [-0.2, -0.15) is 5.10 Å². The molecule has 0 bridgehead atoms. The number of hydrogen-bond acceptors (Lipinski definition) is 6. The molecule has 5 aromatic rings. The van der Waals surface area contributed by atoms with Crippen molar-refractivity contribution < 1.29 is 8.78 Å². The van der Waals surface area contributed by atoms with Crippen LogP contribution in [0.4, 0.5) is 14.6 Å². The van der Waals surface area contributed by atoms with Crippen molar-refractivity contribution in [3.63, 3.8) is 0 Å². The van der Waals surface area contributed by atoms with E-state index < -0.39 is 17.0 Å². The molecule has 2 aromatic carbocycles. The molecule has 0 unspecified atom stereocenters. The first-order chi connectivity index (χ1) is 17.9. The number of nitrogens with zero attached hydrogens (tertiary/aromatic N) is 6. The second kappa shape index (κ2) is 7.93. The Balaban J connectivity index is 1.20. The van der Waals surface area contributed by atoms with E-state index in [0.29, 0.717) is 39.8 Å². The molecule has 1 saturated heterocycles. The van der Waals surface area contributed by atoms with Crippen molar-refractivity contribution in [1.29, 1.82) is 0 Å². The Morgan fingerprint density at radius 1 is 1.19 bits per heavy atom. The van der Waals surface area contributed by atoms with E-state index in [1.54, 1.807) is 12.5 Å². The van der Waals surface area contributed by atoms with Crippen molar-refractivity contribution >= 4 is 39.6 Å². The number of H-pyrrole nitrogens is 1. The lowest BCUT2D eigenvalue weighted by molar-refractivity contribution is 0.523. The third-order valence-electron chi connectivity index (χ3n) is 8.25. The molecule has 3 N–H and O–H groups in total. The molecule has 8 nitrogen and oxygen atoms in total. The van der Waals surface area contributed by atoms with Crippen molar-refractivity contribution in [3.05, 3.63) is 65.1 Å². The lowest BCUT2D eigenvalue weighted by Crippen LogP contribution is -2.32. The van der Waals surface area contributed by atoms with Gasteiger partial charge in [-0.15, -0.1) is 0 Å². The molecule has 37 heavy (non-hydrogen) atoms. The first kappa shape index (κ1) is 22.6. The minimum absolute atomic E-state index is 0.113. The summed E-state index contributed by atoms with van der Waals surface area (Å²) < 4.78 is 30.6. The maximum absolute atomic E-state index is 14.7. The molecule has 1 aliphatic carbocycles.